The van der Waals surface area contributed by atoms with E-state index in [1.807, 2.05) is 36.4 Å². The topological polar surface area (TPSA) is 134 Å². The number of aromatic nitrogens is 2. The summed E-state index contributed by atoms with van der Waals surface area (Å²) in [5.41, 5.74) is 1.73. The van der Waals surface area contributed by atoms with Crippen LogP contribution in [-0.2, 0) is 39.1 Å². The maximum atomic E-state index is 13.7. The van der Waals surface area contributed by atoms with Crippen LogP contribution in [0.3, 0.4) is 0 Å². The third kappa shape index (κ3) is 6.94. The van der Waals surface area contributed by atoms with Crippen molar-refractivity contribution >= 4 is 43.3 Å². The molecule has 0 amide bonds. The van der Waals surface area contributed by atoms with Crippen LogP contribution in [0.4, 0.5) is 5.69 Å². The van der Waals surface area contributed by atoms with Gasteiger partial charge >= 0.3 is 5.97 Å². The fourth-order valence-corrected chi connectivity index (χ4v) is 6.94. The average Bonchev–Trinajstić information content (AvgIpc) is 3.38. The Bertz CT molecular complexity index is 2110. The number of esters is 1. The summed E-state index contributed by atoms with van der Waals surface area (Å²) in [6.45, 7) is 2.01. The lowest BCUT2D eigenvalue weighted by Gasteiger charge is -2.20. The molecular weight excluding hydrogens is 618 g/mol. The third-order valence-corrected chi connectivity index (χ3v) is 8.66. The average molecular weight is 650 g/mol. The zero-order valence-electron chi connectivity index (χ0n) is 24.7. The number of rotatable bonds is 11. The molecule has 0 saturated heterocycles. The maximum Gasteiger partial charge on any atom is 0.354 e. The summed E-state index contributed by atoms with van der Waals surface area (Å²) in [5.74, 6) is -0.592. The van der Waals surface area contributed by atoms with Crippen LogP contribution in [0.1, 0.15) is 23.0 Å². The normalized spacial score (nSPS) is 11.6. The van der Waals surface area contributed by atoms with Gasteiger partial charge in [0.2, 0.25) is 10.9 Å². The molecule has 0 aliphatic heterocycles. The van der Waals surface area contributed by atoms with Crippen LogP contribution in [0.25, 0.3) is 22.0 Å². The van der Waals surface area contributed by atoms with Crippen LogP contribution in [0.2, 0.25) is 0 Å². The van der Waals surface area contributed by atoms with Crippen LogP contribution in [0.5, 0.6) is 11.5 Å². The van der Waals surface area contributed by atoms with Crippen molar-refractivity contribution < 1.29 is 31.1 Å². The summed E-state index contributed by atoms with van der Waals surface area (Å²) in [4.78, 5) is 26.9. The van der Waals surface area contributed by atoms with Gasteiger partial charge in [0.25, 0.3) is 5.56 Å². The van der Waals surface area contributed by atoms with Gasteiger partial charge in [-0.15, -0.1) is 0 Å². The SMILES string of the molecule is CCOC(=O)c1cc2c(-c3cc(N(CS(C)(=O)=O)[SH](=O)=O)ccc3Oc3ccccc3)cn(C)c(=O)c2n1Cc1ccccc1. The predicted octanol–water partition coefficient (Wildman–Crippen LogP) is 4.36. The largest absolute Gasteiger partial charge is 0.461 e. The molecule has 13 heteroatoms. The number of carbonyl (C=O) groups is 1. The second kappa shape index (κ2) is 13.0. The quantitative estimate of drug-likeness (QED) is 0.165. The van der Waals surface area contributed by atoms with Crippen molar-refractivity contribution in [1.29, 1.82) is 0 Å². The summed E-state index contributed by atoms with van der Waals surface area (Å²) in [5, 5.41) is 0.397. The Morgan fingerprint density at radius 2 is 1.60 bits per heavy atom. The summed E-state index contributed by atoms with van der Waals surface area (Å²) >= 11 is 0. The minimum atomic E-state index is -3.74. The number of nitrogens with zero attached hydrogens (tertiary/aromatic N) is 3. The minimum Gasteiger partial charge on any atom is -0.461 e. The Kier molecular flexibility index (Phi) is 9.11. The highest BCUT2D eigenvalue weighted by atomic mass is 32.2. The molecule has 5 aromatic rings. The lowest BCUT2D eigenvalue weighted by Crippen LogP contribution is -2.27. The molecular formula is C32H31N3O8S2. The lowest BCUT2D eigenvalue weighted by atomic mass is 10.0. The number of sulfone groups is 1. The second-order valence-electron chi connectivity index (χ2n) is 10.3. The lowest BCUT2D eigenvalue weighted by molar-refractivity contribution is 0.0515. The van der Waals surface area contributed by atoms with Crippen LogP contribution < -0.4 is 14.6 Å². The van der Waals surface area contributed by atoms with Gasteiger partial charge in [-0.1, -0.05) is 48.5 Å². The molecule has 0 aliphatic carbocycles. The monoisotopic (exact) mass is 649 g/mol. The number of hydrogen-bond donors (Lipinski definition) is 1. The molecule has 234 valence electrons. The summed E-state index contributed by atoms with van der Waals surface area (Å²) in [7, 11) is -5.50. The molecule has 0 N–H and O–H groups in total. The van der Waals surface area contributed by atoms with E-state index < -0.39 is 32.6 Å². The van der Waals surface area contributed by atoms with Gasteiger partial charge < -0.3 is 18.6 Å². The van der Waals surface area contributed by atoms with E-state index in [1.165, 1.54) is 22.8 Å². The van der Waals surface area contributed by atoms with Crippen LogP contribution in [0.15, 0.2) is 95.9 Å². The fourth-order valence-electron chi connectivity index (χ4n) is 5.02. The number of anilines is 1. The van der Waals surface area contributed by atoms with Crippen LogP contribution in [0, 0.1) is 0 Å². The Hall–Kier alpha value is -4.88. The first-order valence-corrected chi connectivity index (χ1v) is 17.1. The maximum absolute atomic E-state index is 13.7. The molecule has 0 unspecified atom stereocenters. The molecule has 0 fully saturated rings. The second-order valence-corrected chi connectivity index (χ2v) is 13.4. The third-order valence-electron chi connectivity index (χ3n) is 6.98. The number of benzene rings is 3. The molecule has 0 saturated carbocycles. The van der Waals surface area contributed by atoms with E-state index in [0.29, 0.717) is 28.0 Å². The number of carbonyl (C=O) groups excluding carboxylic acids is 1. The van der Waals surface area contributed by atoms with Crippen LogP contribution in [-0.4, -0.2) is 50.7 Å². The summed E-state index contributed by atoms with van der Waals surface area (Å²) < 4.78 is 64.0. The van der Waals surface area contributed by atoms with Gasteiger partial charge in [0.05, 0.1) is 12.3 Å². The van der Waals surface area contributed by atoms with Gasteiger partial charge in [-0.25, -0.2) is 21.6 Å². The van der Waals surface area contributed by atoms with E-state index in [4.69, 9.17) is 9.47 Å². The molecule has 2 aromatic heterocycles. The molecule has 11 nitrogen and oxygen atoms in total. The zero-order valence-corrected chi connectivity index (χ0v) is 26.5. The molecule has 3 aromatic carbocycles. The van der Waals surface area contributed by atoms with Crippen molar-refractivity contribution in [3.63, 3.8) is 0 Å². The Balaban J connectivity index is 1.82. The Morgan fingerprint density at radius 3 is 2.22 bits per heavy atom. The predicted molar refractivity (Wildman–Crippen MR) is 173 cm³/mol. The molecule has 0 spiro atoms. The standard InChI is InChI=1S/C32H31N3O8S2/c1-4-42-32(37)28-18-26-27(20-33(2)31(36)30(26)34(28)19-22-11-7-5-8-12-22)25-17-23(35(44(38)39)21-45(3,40)41)15-16-29(25)43-24-13-9-6-10-14-24/h5-18,20,44H,4,19,21H2,1-3H3. The van der Waals surface area contributed by atoms with Gasteiger partial charge in [0.15, 0.2) is 9.84 Å². The van der Waals surface area contributed by atoms with Gasteiger partial charge in [0.1, 0.15) is 28.6 Å². The van der Waals surface area contributed by atoms with Gasteiger partial charge in [0, 0.05) is 42.6 Å². The smallest absolute Gasteiger partial charge is 0.354 e. The highest BCUT2D eigenvalue weighted by molar-refractivity contribution is 7.91. The molecule has 5 rings (SSSR count). The zero-order chi connectivity index (χ0) is 32.3. The number of pyridine rings is 1. The number of ether oxygens (including phenoxy) is 2. The first kappa shape index (κ1) is 31.5. The van der Waals surface area contributed by atoms with Gasteiger partial charge in [-0.05, 0) is 48.9 Å². The van der Waals surface area contributed by atoms with E-state index in [0.717, 1.165) is 16.1 Å². The van der Waals surface area contributed by atoms with Crippen molar-refractivity contribution in [2.75, 3.05) is 23.0 Å². The van der Waals surface area contributed by atoms with Crippen molar-refractivity contribution in [2.45, 2.75) is 13.5 Å². The van der Waals surface area contributed by atoms with Crippen molar-refractivity contribution in [2.24, 2.45) is 7.05 Å². The Labute approximate surface area is 261 Å². The number of fused-ring (bicyclic) bond motifs is 1. The van der Waals surface area contributed by atoms with Crippen molar-refractivity contribution in [3.8, 4) is 22.6 Å². The number of aryl methyl sites for hydroxylation is 1. The number of hydrogen-bond acceptors (Lipinski definition) is 8. The van der Waals surface area contributed by atoms with E-state index >= 15 is 0 Å². The van der Waals surface area contributed by atoms with Crippen molar-refractivity contribution in [3.05, 3.63) is 113 Å². The minimum absolute atomic E-state index is 0.0725. The first-order valence-electron chi connectivity index (χ1n) is 13.9. The molecule has 45 heavy (non-hydrogen) atoms. The molecule has 2 heterocycles. The van der Waals surface area contributed by atoms with Crippen molar-refractivity contribution in [1.82, 2.24) is 9.13 Å². The Morgan fingerprint density at radius 1 is 0.933 bits per heavy atom. The number of para-hydroxylation sites is 1. The van der Waals surface area contributed by atoms with E-state index in [9.17, 15) is 26.4 Å². The van der Waals surface area contributed by atoms with Crippen LogP contribution >= 0.6 is 0 Å². The molecule has 0 radical (unpaired) electrons. The van der Waals surface area contributed by atoms with Gasteiger partial charge in [-0.3, -0.25) is 9.10 Å². The highest BCUT2D eigenvalue weighted by Gasteiger charge is 2.25. The van der Waals surface area contributed by atoms with E-state index in [1.54, 1.807) is 55.1 Å². The summed E-state index contributed by atoms with van der Waals surface area (Å²) in [6, 6.07) is 24.3. The first-order chi connectivity index (χ1) is 21.5. The number of thiol groups is 1. The highest BCUT2D eigenvalue weighted by Crippen LogP contribution is 2.40. The van der Waals surface area contributed by atoms with E-state index in [-0.39, 0.29) is 35.6 Å². The molecule has 0 bridgehead atoms. The fraction of sp³-hybridized carbons (Fsp3) is 0.188. The van der Waals surface area contributed by atoms with E-state index in [2.05, 4.69) is 0 Å². The van der Waals surface area contributed by atoms with Gasteiger partial charge in [-0.2, -0.15) is 0 Å². The molecule has 0 aliphatic rings. The molecule has 0 atom stereocenters. The summed E-state index contributed by atoms with van der Waals surface area (Å²) in [6.07, 6.45) is 2.51.